The summed E-state index contributed by atoms with van der Waals surface area (Å²) in [7, 11) is 0. The average Bonchev–Trinajstić information content (AvgIpc) is 2.79. The van der Waals surface area contributed by atoms with E-state index in [1.165, 1.54) is 25.7 Å². The molecule has 5 fully saturated rings. The number of fused-ring (bicyclic) bond motifs is 6. The minimum absolute atomic E-state index is 0.362. The van der Waals surface area contributed by atoms with Crippen molar-refractivity contribution >= 4 is 0 Å². The Labute approximate surface area is 116 Å². The van der Waals surface area contributed by atoms with Gasteiger partial charge in [-0.2, -0.15) is 0 Å². The van der Waals surface area contributed by atoms with Gasteiger partial charge in [0.15, 0.2) is 0 Å². The van der Waals surface area contributed by atoms with Crippen LogP contribution in [0.25, 0.3) is 0 Å². The van der Waals surface area contributed by atoms with Crippen molar-refractivity contribution < 1.29 is 4.74 Å². The van der Waals surface area contributed by atoms with Gasteiger partial charge in [0, 0.05) is 30.0 Å². The van der Waals surface area contributed by atoms with Crippen molar-refractivity contribution in [3.05, 3.63) is 0 Å². The number of ether oxygens (including phenoxy) is 1. The van der Waals surface area contributed by atoms with Crippen molar-refractivity contribution in [1.29, 1.82) is 0 Å². The molecule has 1 N–H and O–H groups in total. The molecule has 4 saturated carbocycles. The third-order valence-electron chi connectivity index (χ3n) is 7.44. The second kappa shape index (κ2) is 3.57. The van der Waals surface area contributed by atoms with Crippen molar-refractivity contribution in [3.8, 4) is 0 Å². The average molecular weight is 261 g/mol. The molecule has 0 spiro atoms. The zero-order chi connectivity index (χ0) is 12.8. The van der Waals surface area contributed by atoms with Gasteiger partial charge in [-0.05, 0) is 55.8 Å². The second-order valence-electron chi connectivity index (χ2n) is 8.58. The summed E-state index contributed by atoms with van der Waals surface area (Å²) in [5.41, 5.74) is 0.362. The van der Waals surface area contributed by atoms with Gasteiger partial charge in [-0.1, -0.05) is 13.8 Å². The Kier molecular flexibility index (Phi) is 2.17. The lowest BCUT2D eigenvalue weighted by Crippen LogP contribution is -2.69. The molecule has 2 heteroatoms. The van der Waals surface area contributed by atoms with E-state index >= 15 is 0 Å². The number of nitrogens with one attached hydrogen (secondary N) is 1. The van der Waals surface area contributed by atoms with E-state index < -0.39 is 0 Å². The van der Waals surface area contributed by atoms with Crippen molar-refractivity contribution in [2.75, 3.05) is 6.61 Å². The van der Waals surface area contributed by atoms with Gasteiger partial charge in [0.05, 0.1) is 6.10 Å². The summed E-state index contributed by atoms with van der Waals surface area (Å²) >= 11 is 0. The number of hydrogen-bond acceptors (Lipinski definition) is 2. The van der Waals surface area contributed by atoms with Crippen LogP contribution >= 0.6 is 0 Å². The topological polar surface area (TPSA) is 21.3 Å². The van der Waals surface area contributed by atoms with Gasteiger partial charge >= 0.3 is 0 Å². The Morgan fingerprint density at radius 2 is 1.79 bits per heavy atom. The molecule has 2 nitrogen and oxygen atoms in total. The van der Waals surface area contributed by atoms with Gasteiger partial charge in [0.1, 0.15) is 0 Å². The first-order chi connectivity index (χ1) is 9.18. The molecule has 7 atom stereocenters. The van der Waals surface area contributed by atoms with Crippen LogP contribution in [0.5, 0.6) is 0 Å². The predicted molar refractivity (Wildman–Crippen MR) is 74.8 cm³/mol. The van der Waals surface area contributed by atoms with Gasteiger partial charge in [-0.15, -0.1) is 0 Å². The predicted octanol–water partition coefficient (Wildman–Crippen LogP) is 2.82. The van der Waals surface area contributed by atoms with E-state index in [0.717, 1.165) is 48.3 Å². The van der Waals surface area contributed by atoms with Crippen LogP contribution in [-0.2, 0) is 4.74 Å². The smallest absolute Gasteiger partial charge is 0.0684 e. The van der Waals surface area contributed by atoms with Crippen LogP contribution in [0, 0.1) is 35.0 Å². The lowest BCUT2D eigenvalue weighted by atomic mass is 9.55. The summed E-state index contributed by atoms with van der Waals surface area (Å²) in [6.45, 7) is 5.84. The third-order valence-corrected chi connectivity index (χ3v) is 7.44. The zero-order valence-corrected chi connectivity index (χ0v) is 12.3. The molecule has 1 aliphatic heterocycles. The number of rotatable bonds is 2. The Balaban J connectivity index is 1.30. The quantitative estimate of drug-likeness (QED) is 0.825. The second-order valence-corrected chi connectivity index (χ2v) is 8.58. The van der Waals surface area contributed by atoms with Gasteiger partial charge in [-0.25, -0.2) is 0 Å². The monoisotopic (exact) mass is 261 g/mol. The highest BCUT2D eigenvalue weighted by atomic mass is 16.5. The lowest BCUT2D eigenvalue weighted by molar-refractivity contribution is -0.193. The Bertz CT molecular complexity index is 390. The van der Waals surface area contributed by atoms with Crippen LogP contribution in [0.4, 0.5) is 0 Å². The molecule has 7 unspecified atom stereocenters. The maximum Gasteiger partial charge on any atom is 0.0684 e. The fourth-order valence-corrected chi connectivity index (χ4v) is 6.62. The molecule has 0 aromatic rings. The van der Waals surface area contributed by atoms with E-state index in [9.17, 15) is 0 Å². The van der Waals surface area contributed by atoms with Crippen LogP contribution in [0.3, 0.4) is 0 Å². The molecule has 1 saturated heterocycles. The largest absolute Gasteiger partial charge is 0.377 e. The molecular formula is C17H27NO. The molecular weight excluding hydrogens is 234 g/mol. The lowest BCUT2D eigenvalue weighted by Gasteiger charge is -2.60. The first-order valence-electron chi connectivity index (χ1n) is 8.55. The molecule has 5 rings (SSSR count). The summed E-state index contributed by atoms with van der Waals surface area (Å²) in [5, 5.41) is 4.10. The van der Waals surface area contributed by atoms with Gasteiger partial charge in [0.2, 0.25) is 0 Å². The molecule has 1 heterocycles. The van der Waals surface area contributed by atoms with Gasteiger partial charge < -0.3 is 10.1 Å². The summed E-state index contributed by atoms with van der Waals surface area (Å²) in [6.07, 6.45) is 7.84. The Morgan fingerprint density at radius 1 is 1.05 bits per heavy atom. The van der Waals surface area contributed by atoms with Crippen molar-refractivity contribution in [2.24, 2.45) is 35.0 Å². The highest BCUT2D eigenvalue weighted by molar-refractivity contribution is 5.20. The summed E-state index contributed by atoms with van der Waals surface area (Å²) < 4.78 is 6.03. The molecule has 2 bridgehead atoms. The van der Waals surface area contributed by atoms with Crippen LogP contribution in [-0.4, -0.2) is 24.8 Å². The summed E-state index contributed by atoms with van der Waals surface area (Å²) in [5.74, 6) is 5.13. The first-order valence-corrected chi connectivity index (χ1v) is 8.55. The molecule has 0 radical (unpaired) electrons. The fraction of sp³-hybridized carbons (Fsp3) is 1.00. The van der Waals surface area contributed by atoms with E-state index in [2.05, 4.69) is 19.2 Å². The maximum atomic E-state index is 6.03. The first kappa shape index (κ1) is 11.6. The minimum Gasteiger partial charge on any atom is -0.377 e. The normalized spacial score (nSPS) is 60.3. The van der Waals surface area contributed by atoms with E-state index in [0.29, 0.717) is 11.5 Å². The van der Waals surface area contributed by atoms with Crippen molar-refractivity contribution in [1.82, 2.24) is 5.32 Å². The molecule has 19 heavy (non-hydrogen) atoms. The van der Waals surface area contributed by atoms with Crippen LogP contribution in [0.2, 0.25) is 0 Å². The Hall–Kier alpha value is -0.0800. The molecule has 0 amide bonds. The van der Waals surface area contributed by atoms with E-state index in [-0.39, 0.29) is 0 Å². The van der Waals surface area contributed by atoms with Crippen molar-refractivity contribution in [2.45, 2.75) is 64.1 Å². The molecule has 5 aliphatic rings. The molecule has 4 aliphatic carbocycles. The maximum absolute atomic E-state index is 6.03. The van der Waals surface area contributed by atoms with Crippen LogP contribution in [0.1, 0.15) is 46.0 Å². The van der Waals surface area contributed by atoms with Crippen LogP contribution < -0.4 is 5.32 Å². The van der Waals surface area contributed by atoms with E-state index in [1.54, 1.807) is 6.42 Å². The van der Waals surface area contributed by atoms with E-state index in [1.807, 2.05) is 0 Å². The molecule has 0 aromatic carbocycles. The SMILES string of the molecule is CC1(C)C(NC2C3C4CCC(C4)C23)C2CCCOC21. The third kappa shape index (κ3) is 1.35. The highest BCUT2D eigenvalue weighted by Crippen LogP contribution is 2.66. The highest BCUT2D eigenvalue weighted by Gasteiger charge is 2.67. The van der Waals surface area contributed by atoms with Gasteiger partial charge in [0.25, 0.3) is 0 Å². The van der Waals surface area contributed by atoms with Gasteiger partial charge in [-0.3, -0.25) is 0 Å². The summed E-state index contributed by atoms with van der Waals surface area (Å²) in [6, 6.07) is 1.62. The standard InChI is InChI=1S/C17H27NO/c1-17(2)15(11-4-3-7-19-16(11)17)18-14-12-9-5-6-10(8-9)13(12)14/h9-16,18H,3-8H2,1-2H3. The molecule has 0 aromatic heterocycles. The number of hydrogen-bond donors (Lipinski definition) is 1. The fourth-order valence-electron chi connectivity index (χ4n) is 6.62. The van der Waals surface area contributed by atoms with Crippen molar-refractivity contribution in [3.63, 3.8) is 0 Å². The van der Waals surface area contributed by atoms with Crippen LogP contribution in [0.15, 0.2) is 0 Å². The molecule has 106 valence electrons. The summed E-state index contributed by atoms with van der Waals surface area (Å²) in [4.78, 5) is 0. The minimum atomic E-state index is 0.362. The Morgan fingerprint density at radius 3 is 2.53 bits per heavy atom. The zero-order valence-electron chi connectivity index (χ0n) is 12.3. The van der Waals surface area contributed by atoms with E-state index in [4.69, 9.17) is 4.74 Å².